The van der Waals surface area contributed by atoms with Crippen LogP contribution in [0.1, 0.15) is 6.42 Å². The fraction of sp³-hybridized carbons (Fsp3) is 0.389. The summed E-state index contributed by atoms with van der Waals surface area (Å²) in [5.41, 5.74) is 0. The van der Waals surface area contributed by atoms with Crippen LogP contribution in [0.25, 0.3) is 0 Å². The molecule has 5 nitrogen and oxygen atoms in total. The minimum atomic E-state index is -0.525. The topological polar surface area (TPSA) is 54.0 Å². The van der Waals surface area contributed by atoms with Gasteiger partial charge < -0.3 is 18.9 Å². The number of hydrogen-bond acceptors (Lipinski definition) is 5. The van der Waals surface area contributed by atoms with E-state index < -0.39 is 6.29 Å². The quantitative estimate of drug-likeness (QED) is 0.554. The largest absolute Gasteiger partial charge is 2.00 e. The van der Waals surface area contributed by atoms with Crippen LogP contribution < -0.4 is 0 Å². The third kappa shape index (κ3) is 6.64. The molecule has 1 heterocycles. The van der Waals surface area contributed by atoms with Crippen LogP contribution in [0.2, 0.25) is 0 Å². The van der Waals surface area contributed by atoms with E-state index in [1.165, 1.54) is 7.11 Å². The van der Waals surface area contributed by atoms with E-state index in [1.807, 2.05) is 38.5 Å². The molecular weight excluding hydrogens is 352 g/mol. The predicted molar refractivity (Wildman–Crippen MR) is 84.0 cm³/mol. The molecule has 0 bridgehead atoms. The first kappa shape index (κ1) is 21.9. The molecule has 2 saturated carbocycles. The molecule has 0 aromatic carbocycles. The smallest absolute Gasteiger partial charge is 0.469 e. The van der Waals surface area contributed by atoms with Gasteiger partial charge in [-0.1, -0.05) is 0 Å². The molecule has 2 aliphatic carbocycles. The van der Waals surface area contributed by atoms with Gasteiger partial charge in [-0.2, -0.15) is 0 Å². The molecule has 3 rings (SSSR count). The first-order valence-corrected chi connectivity index (χ1v) is 7.53. The van der Waals surface area contributed by atoms with Crippen LogP contribution in [0.5, 0.6) is 0 Å². The predicted octanol–water partition coefficient (Wildman–Crippen LogP) is 1.73. The van der Waals surface area contributed by atoms with Crippen LogP contribution in [0.4, 0.5) is 0 Å². The summed E-state index contributed by atoms with van der Waals surface area (Å²) in [6.07, 6.45) is 15.6. The summed E-state index contributed by atoms with van der Waals surface area (Å²) in [6.45, 7) is 1.11. The summed E-state index contributed by atoms with van der Waals surface area (Å²) >= 11 is 0. The average molecular weight is 374 g/mol. The Balaban J connectivity index is 0.000000412. The Morgan fingerprint density at radius 2 is 1.79 bits per heavy atom. The standard InChI is InChI=1S/C13H17O5.C5H5.Fe/c1-15-8-9-6-7-17-13(18-9)11-5-3-4-10(11)12(14)16-2;1-2-4-5-3-1;/h3-5,9,13H,6-8H2,1-2H3;1-5H;/q;;+2/t9-,13-;;/m0../s1. The van der Waals surface area contributed by atoms with Crippen molar-refractivity contribution < 1.29 is 40.8 Å². The summed E-state index contributed by atoms with van der Waals surface area (Å²) in [5, 5.41) is 0. The van der Waals surface area contributed by atoms with E-state index in [2.05, 4.69) is 0 Å². The third-order valence-electron chi connectivity index (χ3n) is 3.44. The second-order valence-electron chi connectivity index (χ2n) is 5.05. The Kier molecular flexibility index (Phi) is 11.2. The van der Waals surface area contributed by atoms with Gasteiger partial charge in [0.25, 0.3) is 0 Å². The summed E-state index contributed by atoms with van der Waals surface area (Å²) in [5.74, 6) is 0.819. The van der Waals surface area contributed by atoms with Gasteiger partial charge in [0.1, 0.15) is 5.92 Å². The third-order valence-corrected chi connectivity index (χ3v) is 3.44. The molecule has 3 aliphatic rings. The van der Waals surface area contributed by atoms with E-state index in [4.69, 9.17) is 18.9 Å². The monoisotopic (exact) mass is 374 g/mol. The first-order valence-electron chi connectivity index (χ1n) is 7.53. The molecule has 0 N–H and O–H groups in total. The Labute approximate surface area is 156 Å². The van der Waals surface area contributed by atoms with Gasteiger partial charge in [0.05, 0.1) is 32.3 Å². The summed E-state index contributed by atoms with van der Waals surface area (Å²) < 4.78 is 21.1. The molecule has 3 fully saturated rings. The molecule has 24 heavy (non-hydrogen) atoms. The second-order valence-corrected chi connectivity index (χ2v) is 5.05. The van der Waals surface area contributed by atoms with E-state index in [1.54, 1.807) is 20.0 Å². The van der Waals surface area contributed by atoms with Gasteiger partial charge in [-0.15, -0.1) is 0 Å². The number of methoxy groups -OCH3 is 2. The molecule has 130 valence electrons. The van der Waals surface area contributed by atoms with Crippen molar-refractivity contribution in [2.24, 2.45) is 0 Å². The van der Waals surface area contributed by atoms with Crippen LogP contribution in [0.15, 0.2) is 0 Å². The van der Waals surface area contributed by atoms with Crippen molar-refractivity contribution in [1.29, 1.82) is 0 Å². The van der Waals surface area contributed by atoms with E-state index in [-0.39, 0.29) is 29.1 Å². The number of carbonyl (C=O) groups is 1. The fourth-order valence-corrected chi connectivity index (χ4v) is 2.32. The molecule has 2 atom stereocenters. The number of rotatable bonds is 4. The molecule has 1 aliphatic heterocycles. The maximum Gasteiger partial charge on any atom is 2.00 e. The van der Waals surface area contributed by atoms with E-state index >= 15 is 0 Å². The van der Waals surface area contributed by atoms with Crippen molar-refractivity contribution >= 4 is 5.97 Å². The van der Waals surface area contributed by atoms with Crippen LogP contribution >= 0.6 is 0 Å². The van der Waals surface area contributed by atoms with E-state index in [9.17, 15) is 4.79 Å². The van der Waals surface area contributed by atoms with Gasteiger partial charge in [0.2, 0.25) is 0 Å². The molecular formula is C18H22FeO5+2. The van der Waals surface area contributed by atoms with Crippen LogP contribution in [0.3, 0.4) is 0 Å². The Morgan fingerprint density at radius 3 is 2.38 bits per heavy atom. The second kappa shape index (κ2) is 12.3. The molecule has 0 unspecified atom stereocenters. The number of esters is 1. The van der Waals surface area contributed by atoms with Crippen molar-refractivity contribution in [3.8, 4) is 0 Å². The van der Waals surface area contributed by atoms with Gasteiger partial charge in [0.15, 0.2) is 6.29 Å². The van der Waals surface area contributed by atoms with Gasteiger partial charge in [-0.3, -0.25) is 4.79 Å². The van der Waals surface area contributed by atoms with Crippen LogP contribution in [-0.2, 0) is 40.8 Å². The van der Waals surface area contributed by atoms with Crippen molar-refractivity contribution in [2.45, 2.75) is 18.8 Å². The summed E-state index contributed by atoms with van der Waals surface area (Å²) in [4.78, 5) is 11.6. The molecule has 0 spiro atoms. The minimum absolute atomic E-state index is 0. The van der Waals surface area contributed by atoms with Crippen LogP contribution in [-0.4, -0.2) is 45.8 Å². The Bertz CT molecular complexity index is 339. The SMILES string of the molecule is COC[C@@H]1CCO[C@H]([C]2[CH][CH][CH][C]2C(=O)OC)O1.[CH]1[CH][CH][CH][CH]1.[Fe+2]. The molecule has 6 heteroatoms. The van der Waals surface area contributed by atoms with E-state index in [0.29, 0.717) is 25.0 Å². The molecule has 0 aromatic rings. The zero-order valence-electron chi connectivity index (χ0n) is 13.8. The molecule has 1 saturated heterocycles. The van der Waals surface area contributed by atoms with Crippen LogP contribution in [0, 0.1) is 63.2 Å². The van der Waals surface area contributed by atoms with Crippen molar-refractivity contribution in [2.75, 3.05) is 27.4 Å². The Hall–Kier alpha value is -0.131. The fourth-order valence-electron chi connectivity index (χ4n) is 2.32. The van der Waals surface area contributed by atoms with Gasteiger partial charge in [0, 0.05) is 7.11 Å². The normalized spacial score (nSPS) is 27.9. The van der Waals surface area contributed by atoms with Crippen molar-refractivity contribution in [3.63, 3.8) is 0 Å². The summed E-state index contributed by atoms with van der Waals surface area (Å²) in [7, 11) is 2.99. The number of hydrogen-bond donors (Lipinski definition) is 0. The molecule has 10 radical (unpaired) electrons. The van der Waals surface area contributed by atoms with Crippen molar-refractivity contribution in [3.05, 3.63) is 63.2 Å². The maximum atomic E-state index is 11.6. The maximum absolute atomic E-state index is 11.6. The zero-order valence-corrected chi connectivity index (χ0v) is 14.9. The van der Waals surface area contributed by atoms with Gasteiger partial charge in [-0.05, 0) is 57.8 Å². The minimum Gasteiger partial charge on any atom is -0.469 e. The molecule has 0 aromatic heterocycles. The Morgan fingerprint density at radius 1 is 1.12 bits per heavy atom. The van der Waals surface area contributed by atoms with Gasteiger partial charge in [-0.25, -0.2) is 0 Å². The number of carbonyl (C=O) groups excluding carboxylic acids is 1. The van der Waals surface area contributed by atoms with E-state index in [0.717, 1.165) is 6.42 Å². The van der Waals surface area contributed by atoms with Crippen molar-refractivity contribution in [1.82, 2.24) is 0 Å². The van der Waals surface area contributed by atoms with Gasteiger partial charge >= 0.3 is 23.0 Å². The molecule has 0 amide bonds. The zero-order chi connectivity index (χ0) is 16.5. The average Bonchev–Trinajstić information content (AvgIpc) is 3.29. The number of ether oxygens (including phenoxy) is 4. The first-order chi connectivity index (χ1) is 11.3. The summed E-state index contributed by atoms with van der Waals surface area (Å²) in [6, 6.07) is 0.